The summed E-state index contributed by atoms with van der Waals surface area (Å²) in [5, 5.41) is 0. The van der Waals surface area contributed by atoms with Crippen molar-refractivity contribution >= 4 is 0 Å². The molecule has 0 spiro atoms. The normalized spacial score (nSPS) is 16.7. The second kappa shape index (κ2) is 7.22. The number of benzene rings is 2. The molecule has 128 valence electrons. The van der Waals surface area contributed by atoms with Crippen LogP contribution in [0.25, 0.3) is 0 Å². The van der Waals surface area contributed by atoms with E-state index < -0.39 is 0 Å². The van der Waals surface area contributed by atoms with Crippen LogP contribution in [-0.4, -0.2) is 9.55 Å². The Kier molecular flexibility index (Phi) is 4.64. The third-order valence-corrected chi connectivity index (χ3v) is 5.34. The van der Waals surface area contributed by atoms with Gasteiger partial charge in [-0.05, 0) is 47.6 Å². The molecule has 4 rings (SSSR count). The van der Waals surface area contributed by atoms with E-state index in [-0.39, 0.29) is 11.9 Å². The maximum atomic E-state index is 13.3. The van der Waals surface area contributed by atoms with Crippen LogP contribution in [0.1, 0.15) is 60.8 Å². The highest BCUT2D eigenvalue weighted by molar-refractivity contribution is 5.35. The fraction of sp³-hybridized carbons (Fsp3) is 0.318. The summed E-state index contributed by atoms with van der Waals surface area (Å²) in [4.78, 5) is 4.19. The predicted molar refractivity (Wildman–Crippen MR) is 98.1 cm³/mol. The molecule has 1 saturated carbocycles. The van der Waals surface area contributed by atoms with E-state index in [4.69, 9.17) is 0 Å². The van der Waals surface area contributed by atoms with Crippen molar-refractivity contribution in [2.45, 2.75) is 44.1 Å². The zero-order chi connectivity index (χ0) is 17.1. The maximum Gasteiger partial charge on any atom is 0.123 e. The molecule has 1 aromatic heterocycles. The average Bonchev–Trinajstić information content (AvgIpc) is 3.19. The van der Waals surface area contributed by atoms with E-state index in [1.54, 1.807) is 6.20 Å². The van der Waals surface area contributed by atoms with Gasteiger partial charge in [0.05, 0.1) is 12.4 Å². The fourth-order valence-corrected chi connectivity index (χ4v) is 3.99. The second-order valence-corrected chi connectivity index (χ2v) is 6.97. The zero-order valence-corrected chi connectivity index (χ0v) is 14.3. The minimum Gasteiger partial charge on any atom is -0.326 e. The lowest BCUT2D eigenvalue weighted by Crippen LogP contribution is -2.11. The molecule has 1 aliphatic carbocycles. The molecule has 0 radical (unpaired) electrons. The van der Waals surface area contributed by atoms with E-state index in [1.807, 2.05) is 24.7 Å². The first-order chi connectivity index (χ1) is 12.3. The molecule has 1 unspecified atom stereocenters. The van der Waals surface area contributed by atoms with Crippen LogP contribution >= 0.6 is 0 Å². The van der Waals surface area contributed by atoms with Crippen molar-refractivity contribution in [3.63, 3.8) is 0 Å². The number of imidazole rings is 1. The Morgan fingerprint density at radius 3 is 2.12 bits per heavy atom. The van der Waals surface area contributed by atoms with Gasteiger partial charge in [-0.1, -0.05) is 55.7 Å². The quantitative estimate of drug-likeness (QED) is 0.598. The van der Waals surface area contributed by atoms with Crippen LogP contribution in [0, 0.1) is 5.82 Å². The molecule has 0 aliphatic heterocycles. The van der Waals surface area contributed by atoms with Crippen molar-refractivity contribution in [1.29, 1.82) is 0 Å². The van der Waals surface area contributed by atoms with Gasteiger partial charge >= 0.3 is 0 Å². The Balaban J connectivity index is 1.66. The second-order valence-electron chi connectivity index (χ2n) is 6.97. The molecule has 1 aliphatic rings. The molecule has 1 fully saturated rings. The van der Waals surface area contributed by atoms with Crippen molar-refractivity contribution in [3.05, 3.63) is 89.8 Å². The SMILES string of the molecule is Fc1ccc(C(c2ccc(C3CCCCC3)cc2)n2ccnc2)cc1. The standard InChI is InChI=1S/C22H23FN2/c23-21-12-10-20(11-13-21)22(25-15-14-24-16-25)19-8-6-18(7-9-19)17-4-2-1-3-5-17/h6-17,22H,1-5H2. The molecular formula is C22H23FN2. The van der Waals surface area contributed by atoms with Gasteiger partial charge in [-0.25, -0.2) is 9.37 Å². The molecule has 0 bridgehead atoms. The smallest absolute Gasteiger partial charge is 0.123 e. The molecule has 25 heavy (non-hydrogen) atoms. The van der Waals surface area contributed by atoms with Crippen molar-refractivity contribution in [3.8, 4) is 0 Å². The zero-order valence-electron chi connectivity index (χ0n) is 14.3. The lowest BCUT2D eigenvalue weighted by molar-refractivity contribution is 0.443. The minimum absolute atomic E-state index is 0.0171. The molecule has 3 aromatic rings. The van der Waals surface area contributed by atoms with Crippen LogP contribution in [0.2, 0.25) is 0 Å². The highest BCUT2D eigenvalue weighted by atomic mass is 19.1. The molecule has 0 N–H and O–H groups in total. The van der Waals surface area contributed by atoms with Gasteiger partial charge in [-0.3, -0.25) is 0 Å². The molecule has 1 heterocycles. The first-order valence-corrected chi connectivity index (χ1v) is 9.14. The van der Waals surface area contributed by atoms with E-state index in [1.165, 1.54) is 55.4 Å². The van der Waals surface area contributed by atoms with Crippen LogP contribution in [0.4, 0.5) is 4.39 Å². The lowest BCUT2D eigenvalue weighted by atomic mass is 9.83. The summed E-state index contributed by atoms with van der Waals surface area (Å²) in [5.41, 5.74) is 3.71. The van der Waals surface area contributed by atoms with Crippen molar-refractivity contribution in [2.75, 3.05) is 0 Å². The lowest BCUT2D eigenvalue weighted by Gasteiger charge is -2.24. The summed E-state index contributed by atoms with van der Waals surface area (Å²) in [6, 6.07) is 15.8. The fourth-order valence-electron chi connectivity index (χ4n) is 3.99. The summed E-state index contributed by atoms with van der Waals surface area (Å²) in [6.07, 6.45) is 12.3. The molecule has 0 amide bonds. The van der Waals surface area contributed by atoms with Crippen molar-refractivity contribution in [1.82, 2.24) is 9.55 Å². The van der Waals surface area contributed by atoms with Gasteiger partial charge in [0.1, 0.15) is 5.82 Å². The number of halogens is 1. The monoisotopic (exact) mass is 334 g/mol. The molecule has 2 aromatic carbocycles. The number of nitrogens with zero attached hydrogens (tertiary/aromatic N) is 2. The van der Waals surface area contributed by atoms with E-state index in [0.29, 0.717) is 5.92 Å². The molecule has 3 heteroatoms. The largest absolute Gasteiger partial charge is 0.326 e. The first kappa shape index (κ1) is 16.1. The molecular weight excluding hydrogens is 311 g/mol. The number of hydrogen-bond donors (Lipinski definition) is 0. The van der Waals surface area contributed by atoms with Crippen LogP contribution in [0.15, 0.2) is 67.3 Å². The van der Waals surface area contributed by atoms with Crippen LogP contribution in [0.5, 0.6) is 0 Å². The third-order valence-electron chi connectivity index (χ3n) is 5.34. The summed E-state index contributed by atoms with van der Waals surface area (Å²) >= 11 is 0. The summed E-state index contributed by atoms with van der Waals surface area (Å²) in [5.74, 6) is 0.501. The highest BCUT2D eigenvalue weighted by Crippen LogP contribution is 2.34. The number of rotatable bonds is 4. The Hall–Kier alpha value is -2.42. The van der Waals surface area contributed by atoms with Gasteiger partial charge in [0.2, 0.25) is 0 Å². The molecule has 1 atom stereocenters. The van der Waals surface area contributed by atoms with Crippen LogP contribution < -0.4 is 0 Å². The van der Waals surface area contributed by atoms with Crippen molar-refractivity contribution < 1.29 is 4.39 Å². The Morgan fingerprint density at radius 1 is 0.880 bits per heavy atom. The number of hydrogen-bond acceptors (Lipinski definition) is 1. The summed E-state index contributed by atoms with van der Waals surface area (Å²) < 4.78 is 15.4. The Bertz CT molecular complexity index is 785. The van der Waals surface area contributed by atoms with Crippen molar-refractivity contribution in [2.24, 2.45) is 0 Å². The van der Waals surface area contributed by atoms with E-state index in [0.717, 1.165) is 5.56 Å². The van der Waals surface area contributed by atoms with E-state index >= 15 is 0 Å². The molecule has 0 saturated heterocycles. The Morgan fingerprint density at radius 2 is 1.52 bits per heavy atom. The number of aromatic nitrogens is 2. The van der Waals surface area contributed by atoms with Gasteiger partial charge in [-0.2, -0.15) is 0 Å². The highest BCUT2D eigenvalue weighted by Gasteiger charge is 2.18. The molecule has 2 nitrogen and oxygen atoms in total. The average molecular weight is 334 g/mol. The van der Waals surface area contributed by atoms with E-state index in [2.05, 4.69) is 33.8 Å². The van der Waals surface area contributed by atoms with Gasteiger partial charge in [0, 0.05) is 12.4 Å². The minimum atomic E-state index is -0.208. The van der Waals surface area contributed by atoms with Crippen LogP contribution in [-0.2, 0) is 0 Å². The van der Waals surface area contributed by atoms with Crippen LogP contribution in [0.3, 0.4) is 0 Å². The predicted octanol–water partition coefficient (Wildman–Crippen LogP) is 5.71. The Labute approximate surface area is 148 Å². The maximum absolute atomic E-state index is 13.3. The summed E-state index contributed by atoms with van der Waals surface area (Å²) in [7, 11) is 0. The summed E-state index contributed by atoms with van der Waals surface area (Å²) in [6.45, 7) is 0. The van der Waals surface area contributed by atoms with Gasteiger partial charge < -0.3 is 4.57 Å². The van der Waals surface area contributed by atoms with Gasteiger partial charge in [-0.15, -0.1) is 0 Å². The topological polar surface area (TPSA) is 17.8 Å². The van der Waals surface area contributed by atoms with Gasteiger partial charge in [0.25, 0.3) is 0 Å². The first-order valence-electron chi connectivity index (χ1n) is 9.14. The van der Waals surface area contributed by atoms with Gasteiger partial charge in [0.15, 0.2) is 0 Å². The third kappa shape index (κ3) is 3.51. The van der Waals surface area contributed by atoms with E-state index in [9.17, 15) is 4.39 Å².